The molecule has 5 nitrogen and oxygen atoms in total. The molecular formula is C14H22N2O3S. The first-order chi connectivity index (χ1) is 9.51. The quantitative estimate of drug-likeness (QED) is 0.748. The molecule has 0 aliphatic heterocycles. The lowest BCUT2D eigenvalue weighted by molar-refractivity contribution is 0.120. The van der Waals surface area contributed by atoms with Gasteiger partial charge in [-0.3, -0.25) is 0 Å². The van der Waals surface area contributed by atoms with E-state index in [4.69, 9.17) is 5.73 Å². The predicted molar refractivity (Wildman–Crippen MR) is 77.8 cm³/mol. The number of benzene rings is 1. The van der Waals surface area contributed by atoms with E-state index in [1.807, 2.05) is 0 Å². The number of rotatable bonds is 5. The normalized spacial score (nSPS) is 23.7. The third-order valence-electron chi connectivity index (χ3n) is 3.69. The van der Waals surface area contributed by atoms with Crippen LogP contribution in [0.25, 0.3) is 0 Å². The fourth-order valence-corrected chi connectivity index (χ4v) is 3.79. The summed E-state index contributed by atoms with van der Waals surface area (Å²) in [5.41, 5.74) is 6.50. The zero-order valence-corrected chi connectivity index (χ0v) is 12.3. The first kappa shape index (κ1) is 15.4. The molecule has 0 unspecified atom stereocenters. The molecule has 2 rings (SSSR count). The van der Waals surface area contributed by atoms with Crippen LogP contribution in [0.3, 0.4) is 0 Å². The van der Waals surface area contributed by atoms with Crippen LogP contribution in [0.4, 0.5) is 0 Å². The molecular weight excluding hydrogens is 276 g/mol. The minimum atomic E-state index is -3.47. The molecule has 20 heavy (non-hydrogen) atoms. The molecule has 1 aliphatic carbocycles. The lowest BCUT2D eigenvalue weighted by atomic mass is 9.94. The Labute approximate surface area is 120 Å². The van der Waals surface area contributed by atoms with Gasteiger partial charge in [-0.25, -0.2) is 13.1 Å². The van der Waals surface area contributed by atoms with E-state index in [1.54, 1.807) is 24.3 Å². The molecule has 112 valence electrons. The summed E-state index contributed by atoms with van der Waals surface area (Å²) < 4.78 is 27.2. The molecule has 0 bridgehead atoms. The second-order valence-electron chi connectivity index (χ2n) is 5.31. The number of nitrogens with two attached hydrogens (primary N) is 1. The molecule has 1 aromatic rings. The Morgan fingerprint density at radius 3 is 2.30 bits per heavy atom. The first-order valence-electron chi connectivity index (χ1n) is 7.00. The fraction of sp³-hybridized carbons (Fsp3) is 0.571. The van der Waals surface area contributed by atoms with E-state index < -0.39 is 10.0 Å². The topological polar surface area (TPSA) is 92.4 Å². The molecule has 1 saturated carbocycles. The van der Waals surface area contributed by atoms with E-state index in [0.717, 1.165) is 12.0 Å². The highest BCUT2D eigenvalue weighted by atomic mass is 32.2. The predicted octanol–water partition coefficient (Wildman–Crippen LogP) is 0.770. The van der Waals surface area contributed by atoms with Gasteiger partial charge in [0, 0.05) is 6.04 Å². The van der Waals surface area contributed by atoms with Crippen molar-refractivity contribution in [1.82, 2.24) is 4.72 Å². The minimum absolute atomic E-state index is 0.0767. The lowest BCUT2D eigenvalue weighted by Gasteiger charge is -2.26. The van der Waals surface area contributed by atoms with Gasteiger partial charge in [-0.1, -0.05) is 12.1 Å². The Morgan fingerprint density at radius 1 is 1.15 bits per heavy atom. The zero-order chi connectivity index (χ0) is 14.6. The molecule has 0 aromatic heterocycles. The van der Waals surface area contributed by atoms with Crippen molar-refractivity contribution in [3.8, 4) is 0 Å². The zero-order valence-electron chi connectivity index (χ0n) is 11.5. The molecule has 0 heterocycles. The van der Waals surface area contributed by atoms with Crippen LogP contribution in [0, 0.1) is 0 Å². The average Bonchev–Trinajstić information content (AvgIpc) is 2.42. The lowest BCUT2D eigenvalue weighted by Crippen LogP contribution is -2.38. The largest absolute Gasteiger partial charge is 0.393 e. The Balaban J connectivity index is 2.02. The summed E-state index contributed by atoms with van der Waals surface area (Å²) in [6, 6.07) is 6.75. The van der Waals surface area contributed by atoms with Gasteiger partial charge < -0.3 is 10.8 Å². The number of aliphatic hydroxyl groups excluding tert-OH is 1. The number of hydrogen-bond donors (Lipinski definition) is 3. The second kappa shape index (κ2) is 6.67. The van der Waals surface area contributed by atoms with E-state index in [9.17, 15) is 13.5 Å². The molecule has 0 radical (unpaired) electrons. The SMILES string of the molecule is NCCc1ccc(S(=O)(=O)NC2CCC(O)CC2)cc1. The van der Waals surface area contributed by atoms with Crippen molar-refractivity contribution in [3.63, 3.8) is 0 Å². The van der Waals surface area contributed by atoms with Gasteiger partial charge in [0.2, 0.25) is 10.0 Å². The maximum atomic E-state index is 12.3. The number of nitrogens with one attached hydrogen (secondary N) is 1. The molecule has 1 fully saturated rings. The van der Waals surface area contributed by atoms with Crippen molar-refractivity contribution >= 4 is 10.0 Å². The average molecular weight is 298 g/mol. The summed E-state index contributed by atoms with van der Waals surface area (Å²) in [7, 11) is -3.47. The van der Waals surface area contributed by atoms with Gasteiger partial charge in [0.05, 0.1) is 11.0 Å². The summed E-state index contributed by atoms with van der Waals surface area (Å²) in [5, 5.41) is 9.44. The van der Waals surface area contributed by atoms with Gasteiger partial charge in [-0.05, 0) is 56.3 Å². The van der Waals surface area contributed by atoms with E-state index in [0.29, 0.717) is 32.2 Å². The van der Waals surface area contributed by atoms with Crippen LogP contribution >= 0.6 is 0 Å². The van der Waals surface area contributed by atoms with Crippen LogP contribution in [0.2, 0.25) is 0 Å². The van der Waals surface area contributed by atoms with Gasteiger partial charge in [0.15, 0.2) is 0 Å². The van der Waals surface area contributed by atoms with Gasteiger partial charge in [0.25, 0.3) is 0 Å². The van der Waals surface area contributed by atoms with Crippen molar-refractivity contribution in [2.24, 2.45) is 5.73 Å². The standard InChI is InChI=1S/C14H22N2O3S/c15-10-9-11-1-7-14(8-2-11)20(18,19)16-12-3-5-13(17)6-4-12/h1-2,7-8,12-13,16-17H,3-6,9-10,15H2. The fourth-order valence-electron chi connectivity index (χ4n) is 2.48. The van der Waals surface area contributed by atoms with Crippen molar-refractivity contribution in [3.05, 3.63) is 29.8 Å². The molecule has 0 saturated heterocycles. The van der Waals surface area contributed by atoms with E-state index in [1.165, 1.54) is 0 Å². The Morgan fingerprint density at radius 2 is 1.75 bits per heavy atom. The van der Waals surface area contributed by atoms with Crippen LogP contribution in [0.1, 0.15) is 31.2 Å². The molecule has 1 aromatic carbocycles. The highest BCUT2D eigenvalue weighted by Gasteiger charge is 2.24. The van der Waals surface area contributed by atoms with Crippen molar-refractivity contribution in [1.29, 1.82) is 0 Å². The van der Waals surface area contributed by atoms with Crippen molar-refractivity contribution in [2.45, 2.75) is 49.1 Å². The molecule has 4 N–H and O–H groups in total. The smallest absolute Gasteiger partial charge is 0.240 e. The Hall–Kier alpha value is -0.950. The summed E-state index contributed by atoms with van der Waals surface area (Å²) >= 11 is 0. The summed E-state index contributed by atoms with van der Waals surface area (Å²) in [6.07, 6.45) is 3.14. The monoisotopic (exact) mass is 298 g/mol. The van der Waals surface area contributed by atoms with Crippen molar-refractivity contribution in [2.75, 3.05) is 6.54 Å². The summed E-state index contributed by atoms with van der Waals surface area (Å²) in [4.78, 5) is 0.282. The maximum Gasteiger partial charge on any atom is 0.240 e. The van der Waals surface area contributed by atoms with E-state index in [2.05, 4.69) is 4.72 Å². The highest BCUT2D eigenvalue weighted by molar-refractivity contribution is 7.89. The van der Waals surface area contributed by atoms with Crippen LogP contribution in [0.15, 0.2) is 29.2 Å². The number of hydrogen-bond acceptors (Lipinski definition) is 4. The summed E-state index contributed by atoms with van der Waals surface area (Å²) in [5.74, 6) is 0. The van der Waals surface area contributed by atoms with Gasteiger partial charge in [-0.15, -0.1) is 0 Å². The van der Waals surface area contributed by atoms with Crippen molar-refractivity contribution < 1.29 is 13.5 Å². The molecule has 6 heteroatoms. The first-order valence-corrected chi connectivity index (χ1v) is 8.49. The van der Waals surface area contributed by atoms with Crippen LogP contribution < -0.4 is 10.5 Å². The van der Waals surface area contributed by atoms with E-state index in [-0.39, 0.29) is 17.0 Å². The second-order valence-corrected chi connectivity index (χ2v) is 7.02. The van der Waals surface area contributed by atoms with Gasteiger partial charge in [0.1, 0.15) is 0 Å². The molecule has 1 aliphatic rings. The van der Waals surface area contributed by atoms with Gasteiger partial charge >= 0.3 is 0 Å². The molecule has 0 spiro atoms. The third kappa shape index (κ3) is 4.02. The molecule has 0 atom stereocenters. The third-order valence-corrected chi connectivity index (χ3v) is 5.22. The Kier molecular flexibility index (Phi) is 5.15. The maximum absolute atomic E-state index is 12.3. The number of sulfonamides is 1. The summed E-state index contributed by atoms with van der Waals surface area (Å²) in [6.45, 7) is 0.550. The van der Waals surface area contributed by atoms with Crippen LogP contribution in [-0.4, -0.2) is 32.2 Å². The van der Waals surface area contributed by atoms with Crippen LogP contribution in [-0.2, 0) is 16.4 Å². The van der Waals surface area contributed by atoms with E-state index >= 15 is 0 Å². The minimum Gasteiger partial charge on any atom is -0.393 e. The number of aliphatic hydroxyl groups is 1. The van der Waals surface area contributed by atoms with Gasteiger partial charge in [-0.2, -0.15) is 0 Å². The highest BCUT2D eigenvalue weighted by Crippen LogP contribution is 2.20. The molecule has 0 amide bonds. The Bertz CT molecular complexity index is 520. The van der Waals surface area contributed by atoms with Crippen LogP contribution in [0.5, 0.6) is 0 Å².